The third-order valence-corrected chi connectivity index (χ3v) is 5.50. The summed E-state index contributed by atoms with van der Waals surface area (Å²) >= 11 is 1.41. The van der Waals surface area contributed by atoms with Crippen molar-refractivity contribution in [2.75, 3.05) is 20.8 Å². The Bertz CT molecular complexity index is 1010. The van der Waals surface area contributed by atoms with E-state index in [4.69, 9.17) is 9.47 Å². The Morgan fingerprint density at radius 1 is 1.03 bits per heavy atom. The predicted molar refractivity (Wildman–Crippen MR) is 116 cm³/mol. The molecule has 0 aliphatic carbocycles. The van der Waals surface area contributed by atoms with Crippen molar-refractivity contribution in [2.45, 2.75) is 17.2 Å². The lowest BCUT2D eigenvalue weighted by atomic mass is 10.1. The number of carbonyl (C=O) groups excluding carboxylic acids is 1. The zero-order chi connectivity index (χ0) is 21.3. The summed E-state index contributed by atoms with van der Waals surface area (Å²) in [6.45, 7) is 0.469. The third-order valence-electron chi connectivity index (χ3n) is 4.43. The Morgan fingerprint density at radius 3 is 2.63 bits per heavy atom. The molecule has 0 saturated heterocycles. The minimum Gasteiger partial charge on any atom is -0.493 e. The van der Waals surface area contributed by atoms with Crippen LogP contribution < -0.4 is 14.8 Å². The molecule has 7 heteroatoms. The summed E-state index contributed by atoms with van der Waals surface area (Å²) in [6.07, 6.45) is 2.30. The average molecular weight is 427 g/mol. The number of nitrogens with zero attached hydrogens (tertiary/aromatic N) is 1. The Morgan fingerprint density at radius 2 is 1.87 bits per heavy atom. The van der Waals surface area contributed by atoms with Gasteiger partial charge in [0.25, 0.3) is 5.91 Å². The van der Waals surface area contributed by atoms with Crippen LogP contribution in [0.5, 0.6) is 11.5 Å². The highest BCUT2D eigenvalue weighted by molar-refractivity contribution is 7.98. The topological polar surface area (TPSA) is 60.5 Å². The largest absolute Gasteiger partial charge is 0.493 e. The monoisotopic (exact) mass is 426 g/mol. The second-order valence-electron chi connectivity index (χ2n) is 6.47. The fourth-order valence-corrected chi connectivity index (χ4v) is 3.84. The summed E-state index contributed by atoms with van der Waals surface area (Å²) in [4.78, 5) is 17.0. The average Bonchev–Trinajstić information content (AvgIpc) is 2.77. The molecule has 5 nitrogen and oxygen atoms in total. The summed E-state index contributed by atoms with van der Waals surface area (Å²) in [6, 6.07) is 15.6. The van der Waals surface area contributed by atoms with Crippen molar-refractivity contribution in [3.63, 3.8) is 0 Å². The van der Waals surface area contributed by atoms with Crippen LogP contribution in [0.3, 0.4) is 0 Å². The maximum atomic E-state index is 13.4. The number of hydrogen-bond acceptors (Lipinski definition) is 5. The minimum absolute atomic E-state index is 0.190. The Hall–Kier alpha value is -3.06. The first kappa shape index (κ1) is 21.6. The second kappa shape index (κ2) is 10.6. The summed E-state index contributed by atoms with van der Waals surface area (Å²) in [5.41, 5.74) is 2.37. The van der Waals surface area contributed by atoms with Crippen LogP contribution in [0.15, 0.2) is 65.8 Å². The van der Waals surface area contributed by atoms with Gasteiger partial charge in [0.05, 0.1) is 19.8 Å². The molecule has 3 aromatic rings. The molecular weight excluding hydrogens is 403 g/mol. The molecule has 156 valence electrons. The molecule has 0 radical (unpaired) electrons. The Kier molecular flexibility index (Phi) is 7.68. The van der Waals surface area contributed by atoms with Crippen molar-refractivity contribution >= 4 is 17.7 Å². The number of benzene rings is 2. The molecule has 1 heterocycles. The van der Waals surface area contributed by atoms with E-state index in [1.807, 2.05) is 24.3 Å². The third kappa shape index (κ3) is 5.73. The molecule has 0 aliphatic heterocycles. The van der Waals surface area contributed by atoms with E-state index in [2.05, 4.69) is 10.3 Å². The summed E-state index contributed by atoms with van der Waals surface area (Å²) in [7, 11) is 3.18. The van der Waals surface area contributed by atoms with E-state index in [1.165, 1.54) is 23.9 Å². The van der Waals surface area contributed by atoms with Gasteiger partial charge in [-0.05, 0) is 53.9 Å². The minimum atomic E-state index is -0.276. The number of thioether (sulfide) groups is 1. The molecule has 30 heavy (non-hydrogen) atoms. The van der Waals surface area contributed by atoms with Crippen molar-refractivity contribution in [3.05, 3.63) is 83.3 Å². The summed E-state index contributed by atoms with van der Waals surface area (Å²) in [5, 5.41) is 3.55. The number of rotatable bonds is 9. The van der Waals surface area contributed by atoms with Crippen molar-refractivity contribution in [2.24, 2.45) is 0 Å². The van der Waals surface area contributed by atoms with Gasteiger partial charge in [-0.2, -0.15) is 0 Å². The zero-order valence-electron chi connectivity index (χ0n) is 16.9. The first-order valence-electron chi connectivity index (χ1n) is 9.42. The number of halogens is 1. The van der Waals surface area contributed by atoms with Crippen molar-refractivity contribution in [3.8, 4) is 11.5 Å². The van der Waals surface area contributed by atoms with Gasteiger partial charge in [-0.3, -0.25) is 4.79 Å². The SMILES string of the molecule is COc1ccc(CCNC(=O)c2cccnc2SCc2cccc(F)c2)cc1OC. The van der Waals surface area contributed by atoms with Crippen LogP contribution in [0.1, 0.15) is 21.5 Å². The lowest BCUT2D eigenvalue weighted by Crippen LogP contribution is -2.26. The van der Waals surface area contributed by atoms with Crippen LogP contribution in [-0.4, -0.2) is 31.7 Å². The van der Waals surface area contributed by atoms with E-state index >= 15 is 0 Å². The van der Waals surface area contributed by atoms with E-state index in [0.717, 1.165) is 11.1 Å². The van der Waals surface area contributed by atoms with Crippen molar-refractivity contribution < 1.29 is 18.7 Å². The van der Waals surface area contributed by atoms with Crippen molar-refractivity contribution in [1.29, 1.82) is 0 Å². The molecule has 0 bridgehead atoms. The van der Waals surface area contributed by atoms with Gasteiger partial charge in [-0.25, -0.2) is 9.37 Å². The smallest absolute Gasteiger partial charge is 0.254 e. The normalized spacial score (nSPS) is 10.5. The number of hydrogen-bond donors (Lipinski definition) is 1. The number of pyridine rings is 1. The Labute approximate surface area is 179 Å². The number of ether oxygens (including phenoxy) is 2. The molecule has 0 spiro atoms. The van der Waals surface area contributed by atoms with Gasteiger partial charge in [0.2, 0.25) is 0 Å². The Balaban J connectivity index is 1.59. The standard InChI is InChI=1S/C23H23FN2O3S/c1-28-20-9-8-16(14-21(20)29-2)10-12-25-22(27)19-7-4-11-26-23(19)30-15-17-5-3-6-18(24)13-17/h3-9,11,13-14H,10,12,15H2,1-2H3,(H,25,27). The van der Waals surface area contributed by atoms with Crippen LogP contribution in [-0.2, 0) is 12.2 Å². The highest BCUT2D eigenvalue weighted by atomic mass is 32.2. The van der Waals surface area contributed by atoms with Gasteiger partial charge < -0.3 is 14.8 Å². The molecule has 3 rings (SSSR count). The molecule has 1 N–H and O–H groups in total. The quantitative estimate of drug-likeness (QED) is 0.511. The molecule has 1 amide bonds. The van der Waals surface area contributed by atoms with E-state index in [-0.39, 0.29) is 11.7 Å². The molecule has 0 aliphatic rings. The van der Waals surface area contributed by atoms with E-state index in [0.29, 0.717) is 40.8 Å². The van der Waals surface area contributed by atoms with Crippen LogP contribution in [0.4, 0.5) is 4.39 Å². The number of nitrogens with one attached hydrogen (secondary N) is 1. The van der Waals surface area contributed by atoms with E-state index in [1.54, 1.807) is 38.6 Å². The highest BCUT2D eigenvalue weighted by Gasteiger charge is 2.13. The van der Waals surface area contributed by atoms with Crippen molar-refractivity contribution in [1.82, 2.24) is 10.3 Å². The molecule has 1 aromatic heterocycles. The molecule has 0 saturated carbocycles. The second-order valence-corrected chi connectivity index (χ2v) is 7.43. The van der Waals surface area contributed by atoms with Crippen LogP contribution in [0.25, 0.3) is 0 Å². The molecule has 0 unspecified atom stereocenters. The molecular formula is C23H23FN2O3S. The van der Waals surface area contributed by atoms with Gasteiger partial charge in [0.15, 0.2) is 11.5 Å². The molecule has 0 fully saturated rings. The first-order valence-corrected chi connectivity index (χ1v) is 10.4. The maximum Gasteiger partial charge on any atom is 0.254 e. The fourth-order valence-electron chi connectivity index (χ4n) is 2.91. The number of aromatic nitrogens is 1. The summed E-state index contributed by atoms with van der Waals surface area (Å²) < 4.78 is 23.9. The van der Waals surface area contributed by atoms with Crippen LogP contribution in [0.2, 0.25) is 0 Å². The number of methoxy groups -OCH3 is 2. The fraction of sp³-hybridized carbons (Fsp3) is 0.217. The summed E-state index contributed by atoms with van der Waals surface area (Å²) in [5.74, 6) is 1.39. The predicted octanol–water partition coefficient (Wildman–Crippen LogP) is 4.50. The van der Waals surface area contributed by atoms with Gasteiger partial charge in [0.1, 0.15) is 10.8 Å². The van der Waals surface area contributed by atoms with Gasteiger partial charge in [-0.15, -0.1) is 11.8 Å². The lowest BCUT2D eigenvalue weighted by Gasteiger charge is -2.11. The lowest BCUT2D eigenvalue weighted by molar-refractivity contribution is 0.0950. The number of amides is 1. The van der Waals surface area contributed by atoms with E-state index < -0.39 is 0 Å². The highest BCUT2D eigenvalue weighted by Crippen LogP contribution is 2.28. The first-order chi connectivity index (χ1) is 14.6. The van der Waals surface area contributed by atoms with Gasteiger partial charge >= 0.3 is 0 Å². The van der Waals surface area contributed by atoms with Crippen LogP contribution >= 0.6 is 11.8 Å². The maximum absolute atomic E-state index is 13.4. The number of carbonyl (C=O) groups is 1. The van der Waals surface area contributed by atoms with E-state index in [9.17, 15) is 9.18 Å². The van der Waals surface area contributed by atoms with Crippen LogP contribution in [0, 0.1) is 5.82 Å². The molecule has 2 aromatic carbocycles. The molecule has 0 atom stereocenters. The zero-order valence-corrected chi connectivity index (χ0v) is 17.7. The van der Waals surface area contributed by atoms with Gasteiger partial charge in [0, 0.05) is 18.5 Å². The van der Waals surface area contributed by atoms with Gasteiger partial charge in [-0.1, -0.05) is 18.2 Å².